The molecule has 4 heterocycles. The van der Waals surface area contributed by atoms with Crippen molar-refractivity contribution in [3.63, 3.8) is 0 Å². The van der Waals surface area contributed by atoms with Crippen molar-refractivity contribution in [3.8, 4) is 0 Å². The maximum atomic E-state index is 14.1. The maximum absolute atomic E-state index is 14.1. The summed E-state index contributed by atoms with van der Waals surface area (Å²) in [7, 11) is 0. The Balaban J connectivity index is 1.56. The number of hydrogen-bond donors (Lipinski definition) is 0. The van der Waals surface area contributed by atoms with Crippen molar-refractivity contribution in [1.29, 1.82) is 0 Å². The lowest BCUT2D eigenvalue weighted by molar-refractivity contribution is -0.135. The number of rotatable bonds is 3. The fourth-order valence-corrected chi connectivity index (χ4v) is 6.06. The fourth-order valence-electron chi connectivity index (χ4n) is 4.68. The van der Waals surface area contributed by atoms with E-state index in [1.807, 2.05) is 41.6 Å². The van der Waals surface area contributed by atoms with Gasteiger partial charge in [-0.25, -0.2) is 14.7 Å². The number of aryl methyl sites for hydroxylation is 2. The molecule has 0 N–H and O–H groups in total. The predicted octanol–water partition coefficient (Wildman–Crippen LogP) is 5.94. The van der Waals surface area contributed by atoms with Gasteiger partial charge in [0.25, 0.3) is 0 Å². The molecule has 6 nitrogen and oxygen atoms in total. The summed E-state index contributed by atoms with van der Waals surface area (Å²) in [5.41, 5.74) is 2.69. The number of thiazole rings is 1. The van der Waals surface area contributed by atoms with Crippen molar-refractivity contribution >= 4 is 52.0 Å². The lowest BCUT2D eigenvalue weighted by Crippen LogP contribution is -2.44. The van der Waals surface area contributed by atoms with Gasteiger partial charge in [0, 0.05) is 23.2 Å². The highest BCUT2D eigenvalue weighted by molar-refractivity contribution is 7.11. The highest BCUT2D eigenvalue weighted by atomic mass is 35.5. The molecule has 2 aliphatic heterocycles. The maximum Gasteiger partial charge on any atom is 0.234 e. The number of hydrogen-bond acceptors (Lipinski definition) is 5. The molecular formula is C23H23Cl2N5OS. The van der Waals surface area contributed by atoms with Gasteiger partial charge in [-0.15, -0.1) is 11.3 Å². The van der Waals surface area contributed by atoms with Gasteiger partial charge in [0.05, 0.1) is 34.0 Å². The molecule has 1 saturated heterocycles. The lowest BCUT2D eigenvalue weighted by Gasteiger charge is -2.35. The van der Waals surface area contributed by atoms with Crippen molar-refractivity contribution in [3.05, 3.63) is 61.6 Å². The van der Waals surface area contributed by atoms with Gasteiger partial charge in [0.2, 0.25) is 5.91 Å². The molecule has 5 rings (SSSR count). The number of nitrogens with zero attached hydrogens (tertiary/aromatic N) is 5. The van der Waals surface area contributed by atoms with E-state index >= 15 is 0 Å². The van der Waals surface area contributed by atoms with E-state index in [1.165, 1.54) is 4.88 Å². The monoisotopic (exact) mass is 487 g/mol. The van der Waals surface area contributed by atoms with Crippen LogP contribution in [0.1, 0.15) is 53.0 Å². The van der Waals surface area contributed by atoms with Crippen molar-refractivity contribution in [2.45, 2.75) is 45.7 Å². The van der Waals surface area contributed by atoms with Gasteiger partial charge < -0.3 is 4.90 Å². The molecule has 3 atom stereocenters. The number of fused-ring (bicyclic) bond motifs is 1. The average Bonchev–Trinajstić information content (AvgIpc) is 3.49. The summed E-state index contributed by atoms with van der Waals surface area (Å²) in [5.74, 6) is 0.297. The zero-order valence-corrected chi connectivity index (χ0v) is 20.4. The van der Waals surface area contributed by atoms with Crippen LogP contribution in [0.4, 0.5) is 5.82 Å². The first-order valence-corrected chi connectivity index (χ1v) is 12.2. The normalized spacial score (nSPS) is 22.7. The Morgan fingerprint density at radius 1 is 1.16 bits per heavy atom. The summed E-state index contributed by atoms with van der Waals surface area (Å²) in [6.07, 6.45) is 3.59. The molecule has 3 aromatic rings. The minimum atomic E-state index is -0.484. The number of benzene rings is 1. The van der Waals surface area contributed by atoms with Gasteiger partial charge >= 0.3 is 0 Å². The Hall–Kier alpha value is -2.22. The summed E-state index contributed by atoms with van der Waals surface area (Å²) in [4.78, 5) is 26.7. The SMILES string of the molecule is CC1=Nc2ccnn2C(c2ccc(Cl)c(Cl)c2)C1C(=O)N1CCC[C@H]1c1nc(C)c(C)s1. The third-order valence-corrected chi connectivity index (χ3v) is 8.30. The number of halogens is 2. The molecule has 2 aromatic heterocycles. The topological polar surface area (TPSA) is 63.4 Å². The Kier molecular flexibility index (Phi) is 5.60. The largest absolute Gasteiger partial charge is 0.333 e. The first-order chi connectivity index (χ1) is 15.3. The van der Waals surface area contributed by atoms with Crippen LogP contribution < -0.4 is 0 Å². The van der Waals surface area contributed by atoms with Gasteiger partial charge in [-0.05, 0) is 51.3 Å². The quantitative estimate of drug-likeness (QED) is 0.459. The molecule has 2 unspecified atom stereocenters. The molecule has 32 heavy (non-hydrogen) atoms. The van der Waals surface area contributed by atoms with E-state index < -0.39 is 5.92 Å². The molecule has 166 valence electrons. The Morgan fingerprint density at radius 3 is 2.69 bits per heavy atom. The predicted molar refractivity (Wildman–Crippen MR) is 128 cm³/mol. The fraction of sp³-hybridized carbons (Fsp3) is 0.391. The van der Waals surface area contributed by atoms with Crippen molar-refractivity contribution in [2.24, 2.45) is 10.9 Å². The number of aliphatic imine (C=N–C) groups is 1. The van der Waals surface area contributed by atoms with E-state index in [2.05, 4.69) is 12.0 Å². The second kappa shape index (κ2) is 8.28. The summed E-state index contributed by atoms with van der Waals surface area (Å²) < 4.78 is 1.82. The van der Waals surface area contributed by atoms with E-state index in [0.717, 1.165) is 40.6 Å². The molecule has 1 fully saturated rings. The standard InChI is InChI=1S/C23H23Cl2N5OS/c1-12-14(3)32-22(28-12)18-5-4-10-29(18)23(31)20-13(2)27-19-8-9-26-30(19)21(20)15-6-7-16(24)17(25)11-15/h6-9,11,18,20-21H,4-5,10H2,1-3H3/t18-,20?,21?/m0/s1. The average molecular weight is 488 g/mol. The number of carbonyl (C=O) groups excluding carboxylic acids is 1. The van der Waals surface area contributed by atoms with Crippen LogP contribution in [0.15, 0.2) is 35.5 Å². The van der Waals surface area contributed by atoms with E-state index in [0.29, 0.717) is 16.6 Å². The molecule has 1 aromatic carbocycles. The molecular weight excluding hydrogens is 465 g/mol. The van der Waals surface area contributed by atoms with Gasteiger partial charge in [0.15, 0.2) is 5.82 Å². The number of amides is 1. The molecule has 0 aliphatic carbocycles. The van der Waals surface area contributed by atoms with Crippen molar-refractivity contribution in [1.82, 2.24) is 19.7 Å². The summed E-state index contributed by atoms with van der Waals surface area (Å²) in [6.45, 7) is 6.74. The molecule has 0 saturated carbocycles. The Morgan fingerprint density at radius 2 is 1.97 bits per heavy atom. The van der Waals surface area contributed by atoms with Gasteiger partial charge in [-0.2, -0.15) is 5.10 Å². The van der Waals surface area contributed by atoms with E-state index in [9.17, 15) is 4.79 Å². The third kappa shape index (κ3) is 3.56. The lowest BCUT2D eigenvalue weighted by atomic mass is 9.87. The van der Waals surface area contributed by atoms with Crippen LogP contribution in [0.3, 0.4) is 0 Å². The molecule has 0 bridgehead atoms. The summed E-state index contributed by atoms with van der Waals surface area (Å²) >= 11 is 14.2. The number of carbonyl (C=O) groups is 1. The summed E-state index contributed by atoms with van der Waals surface area (Å²) in [6, 6.07) is 7.02. The molecule has 9 heteroatoms. The molecule has 2 aliphatic rings. The van der Waals surface area contributed by atoms with E-state index in [4.69, 9.17) is 33.2 Å². The second-order valence-corrected chi connectivity index (χ2v) is 10.4. The minimum Gasteiger partial charge on any atom is -0.333 e. The molecule has 0 spiro atoms. The van der Waals surface area contributed by atoms with Crippen LogP contribution in [-0.2, 0) is 4.79 Å². The van der Waals surface area contributed by atoms with Crippen LogP contribution in [0.25, 0.3) is 0 Å². The smallest absolute Gasteiger partial charge is 0.234 e. The van der Waals surface area contributed by atoms with Crippen LogP contribution in [0, 0.1) is 19.8 Å². The molecule has 0 radical (unpaired) electrons. The zero-order valence-electron chi connectivity index (χ0n) is 18.0. The second-order valence-electron chi connectivity index (χ2n) is 8.37. The Labute approximate surface area is 200 Å². The van der Waals surface area contributed by atoms with Gasteiger partial charge in [-0.1, -0.05) is 29.3 Å². The summed E-state index contributed by atoms with van der Waals surface area (Å²) in [5, 5.41) is 6.46. The van der Waals surface area contributed by atoms with Gasteiger partial charge in [0.1, 0.15) is 10.9 Å². The van der Waals surface area contributed by atoms with Crippen LogP contribution >= 0.6 is 34.5 Å². The highest BCUT2D eigenvalue weighted by Gasteiger charge is 2.43. The Bertz CT molecular complexity index is 1210. The van der Waals surface area contributed by atoms with E-state index in [1.54, 1.807) is 23.6 Å². The first-order valence-electron chi connectivity index (χ1n) is 10.6. The zero-order chi connectivity index (χ0) is 22.6. The van der Waals surface area contributed by atoms with Crippen LogP contribution in [0.2, 0.25) is 10.0 Å². The number of likely N-dealkylation sites (tertiary alicyclic amines) is 1. The minimum absolute atomic E-state index is 0.00109. The molecule has 1 amide bonds. The first kappa shape index (κ1) is 21.6. The number of aromatic nitrogens is 3. The van der Waals surface area contributed by atoms with E-state index in [-0.39, 0.29) is 18.0 Å². The van der Waals surface area contributed by atoms with Crippen LogP contribution in [-0.4, -0.2) is 37.8 Å². The van der Waals surface area contributed by atoms with Crippen molar-refractivity contribution < 1.29 is 4.79 Å². The third-order valence-electron chi connectivity index (χ3n) is 6.39. The van der Waals surface area contributed by atoms with Crippen LogP contribution in [0.5, 0.6) is 0 Å². The van der Waals surface area contributed by atoms with Crippen molar-refractivity contribution in [2.75, 3.05) is 6.54 Å². The van der Waals surface area contributed by atoms with Gasteiger partial charge in [-0.3, -0.25) is 4.79 Å². The highest BCUT2D eigenvalue weighted by Crippen LogP contribution is 2.42.